The third-order valence-electron chi connectivity index (χ3n) is 4.62. The molecule has 106 valence electrons. The van der Waals surface area contributed by atoms with Gasteiger partial charge in [0.1, 0.15) is 11.6 Å². The number of aryl methyl sites for hydroxylation is 1. The Hall–Kier alpha value is -1.20. The Balaban J connectivity index is 1.76. The maximum atomic E-state index is 4.58. The fourth-order valence-electron chi connectivity index (χ4n) is 3.60. The van der Waals surface area contributed by atoms with Gasteiger partial charge in [0.05, 0.1) is 6.04 Å². The maximum Gasteiger partial charge on any atom is 0.150 e. The van der Waals surface area contributed by atoms with Crippen molar-refractivity contribution in [2.24, 2.45) is 0 Å². The second-order valence-corrected chi connectivity index (χ2v) is 6.73. The lowest BCUT2D eigenvalue weighted by molar-refractivity contribution is 0.395. The molecule has 2 aliphatic rings. The van der Waals surface area contributed by atoms with E-state index in [0.717, 1.165) is 25.3 Å². The van der Waals surface area contributed by atoms with Crippen LogP contribution in [0.5, 0.6) is 0 Å². The molecule has 0 radical (unpaired) electrons. The molecule has 3 heterocycles. The summed E-state index contributed by atoms with van der Waals surface area (Å²) in [6.45, 7) is 4.24. The van der Waals surface area contributed by atoms with Crippen LogP contribution in [0.15, 0.2) is 11.4 Å². The molecule has 2 aromatic heterocycles. The van der Waals surface area contributed by atoms with Gasteiger partial charge in [-0.1, -0.05) is 6.92 Å². The van der Waals surface area contributed by atoms with E-state index in [2.05, 4.69) is 38.5 Å². The summed E-state index contributed by atoms with van der Waals surface area (Å²) in [4.78, 5) is 1.56. The molecular weight excluding hydrogens is 268 g/mol. The first-order chi connectivity index (χ1) is 9.88. The number of fused-ring (bicyclic) bond motifs is 2. The minimum absolute atomic E-state index is 0.371. The van der Waals surface area contributed by atoms with Crippen LogP contribution in [-0.4, -0.2) is 21.3 Å². The van der Waals surface area contributed by atoms with Crippen molar-refractivity contribution >= 4 is 11.3 Å². The van der Waals surface area contributed by atoms with Gasteiger partial charge in [0, 0.05) is 23.9 Å². The number of thiophene rings is 1. The van der Waals surface area contributed by atoms with Crippen molar-refractivity contribution in [1.82, 2.24) is 20.1 Å². The first kappa shape index (κ1) is 12.5. The van der Waals surface area contributed by atoms with Gasteiger partial charge in [-0.15, -0.1) is 21.5 Å². The van der Waals surface area contributed by atoms with Gasteiger partial charge in [-0.05, 0) is 42.7 Å². The van der Waals surface area contributed by atoms with E-state index >= 15 is 0 Å². The summed E-state index contributed by atoms with van der Waals surface area (Å²) in [5.74, 6) is 2.79. The number of rotatable bonds is 2. The Labute approximate surface area is 123 Å². The molecule has 0 spiro atoms. The van der Waals surface area contributed by atoms with Crippen LogP contribution in [0.3, 0.4) is 0 Å². The van der Waals surface area contributed by atoms with Gasteiger partial charge in [-0.2, -0.15) is 0 Å². The van der Waals surface area contributed by atoms with Crippen LogP contribution in [0.2, 0.25) is 0 Å². The minimum atomic E-state index is 0.371. The Morgan fingerprint density at radius 3 is 3.20 bits per heavy atom. The van der Waals surface area contributed by atoms with Crippen LogP contribution in [0.4, 0.5) is 0 Å². The Morgan fingerprint density at radius 1 is 1.40 bits per heavy atom. The number of nitrogens with one attached hydrogen (secondary N) is 1. The highest BCUT2D eigenvalue weighted by Crippen LogP contribution is 2.39. The van der Waals surface area contributed by atoms with E-state index < -0.39 is 0 Å². The van der Waals surface area contributed by atoms with Crippen molar-refractivity contribution in [3.05, 3.63) is 33.5 Å². The smallest absolute Gasteiger partial charge is 0.150 e. The molecule has 4 rings (SSSR count). The van der Waals surface area contributed by atoms with Crippen molar-refractivity contribution in [3.63, 3.8) is 0 Å². The molecule has 0 saturated carbocycles. The molecule has 1 N–H and O–H groups in total. The third kappa shape index (κ3) is 1.84. The van der Waals surface area contributed by atoms with Gasteiger partial charge in [0.2, 0.25) is 0 Å². The molecule has 1 aliphatic heterocycles. The number of aromatic nitrogens is 3. The van der Waals surface area contributed by atoms with Gasteiger partial charge in [-0.25, -0.2) is 0 Å². The van der Waals surface area contributed by atoms with Crippen molar-refractivity contribution < 1.29 is 0 Å². The zero-order valence-corrected chi connectivity index (χ0v) is 12.6. The summed E-state index contributed by atoms with van der Waals surface area (Å²) in [5, 5.41) is 14.8. The quantitative estimate of drug-likeness (QED) is 0.924. The Morgan fingerprint density at radius 2 is 2.30 bits per heavy atom. The molecular formula is C15H20N4S. The van der Waals surface area contributed by atoms with E-state index in [9.17, 15) is 0 Å². The van der Waals surface area contributed by atoms with Gasteiger partial charge < -0.3 is 9.88 Å². The van der Waals surface area contributed by atoms with Crippen LogP contribution >= 0.6 is 11.3 Å². The predicted molar refractivity (Wildman–Crippen MR) is 80.2 cm³/mol. The molecule has 2 atom stereocenters. The fourth-order valence-corrected chi connectivity index (χ4v) is 4.58. The molecule has 5 heteroatoms. The lowest BCUT2D eigenvalue weighted by atomic mass is 9.87. The standard InChI is InChI=1S/C15H20N4S/c1-2-12-15-18-17-14(19(15)8-7-16-12)11-4-3-5-13-10(11)6-9-20-13/h6,9,11-12,16H,2-5,7-8H2,1H3. The van der Waals surface area contributed by atoms with Crippen LogP contribution in [-0.2, 0) is 13.0 Å². The Kier molecular flexibility index (Phi) is 3.11. The second kappa shape index (κ2) is 4.97. The van der Waals surface area contributed by atoms with Crippen LogP contribution < -0.4 is 5.32 Å². The van der Waals surface area contributed by atoms with E-state index in [-0.39, 0.29) is 0 Å². The number of nitrogens with zero attached hydrogens (tertiary/aromatic N) is 3. The predicted octanol–water partition coefficient (Wildman–Crippen LogP) is 2.86. The van der Waals surface area contributed by atoms with E-state index in [4.69, 9.17) is 0 Å². The van der Waals surface area contributed by atoms with E-state index in [1.165, 1.54) is 30.7 Å². The first-order valence-electron chi connectivity index (χ1n) is 7.61. The average Bonchev–Trinajstić information content (AvgIpc) is 3.12. The molecule has 0 amide bonds. The summed E-state index contributed by atoms with van der Waals surface area (Å²) in [5.41, 5.74) is 1.50. The molecule has 1 aliphatic carbocycles. The summed E-state index contributed by atoms with van der Waals surface area (Å²) < 4.78 is 2.38. The second-order valence-electron chi connectivity index (χ2n) is 5.73. The molecule has 4 nitrogen and oxygen atoms in total. The lowest BCUT2D eigenvalue weighted by Gasteiger charge is -2.27. The van der Waals surface area contributed by atoms with E-state index in [0.29, 0.717) is 12.0 Å². The van der Waals surface area contributed by atoms with E-state index in [1.54, 1.807) is 4.88 Å². The van der Waals surface area contributed by atoms with Gasteiger partial charge in [-0.3, -0.25) is 0 Å². The molecule has 0 saturated heterocycles. The van der Waals surface area contributed by atoms with Crippen LogP contribution in [0.25, 0.3) is 0 Å². The average molecular weight is 288 g/mol. The highest BCUT2D eigenvalue weighted by molar-refractivity contribution is 7.10. The summed E-state index contributed by atoms with van der Waals surface area (Å²) in [7, 11) is 0. The van der Waals surface area contributed by atoms with Crippen LogP contribution in [0.1, 0.15) is 60.2 Å². The first-order valence-corrected chi connectivity index (χ1v) is 8.49. The van der Waals surface area contributed by atoms with Crippen molar-refractivity contribution in [2.75, 3.05) is 6.54 Å². The van der Waals surface area contributed by atoms with Crippen molar-refractivity contribution in [2.45, 2.75) is 51.1 Å². The monoisotopic (exact) mass is 288 g/mol. The number of hydrogen-bond acceptors (Lipinski definition) is 4. The van der Waals surface area contributed by atoms with Crippen molar-refractivity contribution in [1.29, 1.82) is 0 Å². The topological polar surface area (TPSA) is 42.7 Å². The SMILES string of the molecule is CCC1NCCn2c1nnc2C1CCCc2sccc21. The fraction of sp³-hybridized carbons (Fsp3) is 0.600. The van der Waals surface area contributed by atoms with E-state index in [1.807, 2.05) is 11.3 Å². The van der Waals surface area contributed by atoms with Gasteiger partial charge in [0.15, 0.2) is 0 Å². The normalized spacial score (nSPS) is 25.2. The largest absolute Gasteiger partial charge is 0.312 e. The van der Waals surface area contributed by atoms with Gasteiger partial charge in [0.25, 0.3) is 0 Å². The number of hydrogen-bond donors (Lipinski definition) is 1. The maximum absolute atomic E-state index is 4.58. The minimum Gasteiger partial charge on any atom is -0.312 e. The molecule has 0 bridgehead atoms. The molecule has 20 heavy (non-hydrogen) atoms. The molecule has 2 aromatic rings. The Bertz CT molecular complexity index is 615. The third-order valence-corrected chi connectivity index (χ3v) is 5.61. The summed E-state index contributed by atoms with van der Waals surface area (Å²) >= 11 is 1.90. The van der Waals surface area contributed by atoms with Crippen LogP contribution in [0, 0.1) is 0 Å². The summed E-state index contributed by atoms with van der Waals surface area (Å²) in [6, 6.07) is 2.67. The van der Waals surface area contributed by atoms with Gasteiger partial charge >= 0.3 is 0 Å². The molecule has 0 fully saturated rings. The highest BCUT2D eigenvalue weighted by atomic mass is 32.1. The lowest BCUT2D eigenvalue weighted by Crippen LogP contribution is -2.34. The highest BCUT2D eigenvalue weighted by Gasteiger charge is 2.31. The zero-order valence-electron chi connectivity index (χ0n) is 11.8. The zero-order chi connectivity index (χ0) is 13.5. The van der Waals surface area contributed by atoms with Crippen molar-refractivity contribution in [3.8, 4) is 0 Å². The molecule has 2 unspecified atom stereocenters. The molecule has 0 aromatic carbocycles. The summed E-state index contributed by atoms with van der Waals surface area (Å²) in [6.07, 6.45) is 4.80.